The van der Waals surface area contributed by atoms with Crippen molar-refractivity contribution >= 4 is 0 Å². The fourth-order valence-corrected chi connectivity index (χ4v) is 0.857. The van der Waals surface area contributed by atoms with Crippen LogP contribution in [-0.2, 0) is 5.11 Å². The minimum atomic E-state index is -0.159. The SMILES string of the molecule is CC(N)c1ccccc1[O]. The molecular formula is C8H10NO. The van der Waals surface area contributed by atoms with Gasteiger partial charge in [-0.25, -0.2) is 0 Å². The molecule has 0 saturated carbocycles. The summed E-state index contributed by atoms with van der Waals surface area (Å²) >= 11 is 0. The van der Waals surface area contributed by atoms with Gasteiger partial charge in [0.1, 0.15) is 0 Å². The summed E-state index contributed by atoms with van der Waals surface area (Å²) in [4.78, 5) is 0. The Bertz CT molecular complexity index is 220. The van der Waals surface area contributed by atoms with Gasteiger partial charge in [0, 0.05) is 11.6 Å². The lowest BCUT2D eigenvalue weighted by Crippen LogP contribution is -2.04. The van der Waals surface area contributed by atoms with Crippen LogP contribution in [0, 0.1) is 0 Å². The van der Waals surface area contributed by atoms with Crippen LogP contribution in [0.25, 0.3) is 0 Å². The smallest absolute Gasteiger partial charge is 0.183 e. The molecule has 0 aliphatic heterocycles. The lowest BCUT2D eigenvalue weighted by molar-refractivity contribution is 0.347. The van der Waals surface area contributed by atoms with E-state index in [1.54, 1.807) is 19.1 Å². The maximum Gasteiger partial charge on any atom is 0.183 e. The third-order valence-corrected chi connectivity index (χ3v) is 1.41. The van der Waals surface area contributed by atoms with Crippen LogP contribution in [0.5, 0.6) is 5.75 Å². The predicted molar refractivity (Wildman–Crippen MR) is 39.2 cm³/mol. The highest BCUT2D eigenvalue weighted by Gasteiger charge is 2.04. The lowest BCUT2D eigenvalue weighted by atomic mass is 10.1. The quantitative estimate of drug-likeness (QED) is 0.629. The van der Waals surface area contributed by atoms with E-state index in [-0.39, 0.29) is 11.8 Å². The summed E-state index contributed by atoms with van der Waals surface area (Å²) < 4.78 is 0. The Morgan fingerprint density at radius 1 is 1.40 bits per heavy atom. The molecule has 1 radical (unpaired) electrons. The summed E-state index contributed by atoms with van der Waals surface area (Å²) in [5.74, 6) is 0.0255. The van der Waals surface area contributed by atoms with Crippen LogP contribution >= 0.6 is 0 Å². The Hall–Kier alpha value is -1.02. The summed E-state index contributed by atoms with van der Waals surface area (Å²) in [6, 6.07) is 6.66. The number of benzene rings is 1. The Morgan fingerprint density at radius 2 is 2.00 bits per heavy atom. The molecule has 10 heavy (non-hydrogen) atoms. The van der Waals surface area contributed by atoms with Crippen molar-refractivity contribution in [3.63, 3.8) is 0 Å². The Kier molecular flexibility index (Phi) is 1.92. The molecular weight excluding hydrogens is 126 g/mol. The van der Waals surface area contributed by atoms with E-state index in [4.69, 9.17) is 5.73 Å². The highest BCUT2D eigenvalue weighted by Crippen LogP contribution is 2.21. The second kappa shape index (κ2) is 2.71. The second-order valence-corrected chi connectivity index (χ2v) is 2.33. The van der Waals surface area contributed by atoms with E-state index in [2.05, 4.69) is 0 Å². The maximum absolute atomic E-state index is 11.0. The zero-order valence-electron chi connectivity index (χ0n) is 5.87. The zero-order chi connectivity index (χ0) is 7.56. The number of hydrogen-bond donors (Lipinski definition) is 1. The fraction of sp³-hybridized carbons (Fsp3) is 0.250. The molecule has 0 aliphatic carbocycles. The van der Waals surface area contributed by atoms with Gasteiger partial charge in [0.05, 0.1) is 0 Å². The monoisotopic (exact) mass is 136 g/mol. The van der Waals surface area contributed by atoms with Crippen molar-refractivity contribution < 1.29 is 5.11 Å². The zero-order valence-corrected chi connectivity index (χ0v) is 5.87. The molecule has 1 rings (SSSR count). The van der Waals surface area contributed by atoms with Crippen molar-refractivity contribution in [3.05, 3.63) is 29.8 Å². The summed E-state index contributed by atoms with van der Waals surface area (Å²) in [6.45, 7) is 1.80. The highest BCUT2D eigenvalue weighted by atomic mass is 16.3. The van der Waals surface area contributed by atoms with Gasteiger partial charge in [0.25, 0.3) is 0 Å². The van der Waals surface area contributed by atoms with Crippen LogP contribution in [0.4, 0.5) is 0 Å². The molecule has 0 heterocycles. The van der Waals surface area contributed by atoms with Crippen LogP contribution in [-0.4, -0.2) is 0 Å². The van der Waals surface area contributed by atoms with E-state index in [1.807, 2.05) is 6.07 Å². The number of rotatable bonds is 1. The van der Waals surface area contributed by atoms with E-state index < -0.39 is 0 Å². The summed E-state index contributed by atoms with van der Waals surface area (Å²) in [5, 5.41) is 11.0. The minimum absolute atomic E-state index is 0.0255. The molecule has 0 saturated heterocycles. The average Bonchev–Trinajstić information content (AvgIpc) is 1.88. The minimum Gasteiger partial charge on any atom is -0.324 e. The molecule has 53 valence electrons. The summed E-state index contributed by atoms with van der Waals surface area (Å²) in [6.07, 6.45) is 0. The molecule has 0 amide bonds. The van der Waals surface area contributed by atoms with Crippen LogP contribution in [0.1, 0.15) is 18.5 Å². The molecule has 0 spiro atoms. The third-order valence-electron chi connectivity index (χ3n) is 1.41. The molecule has 2 N–H and O–H groups in total. The molecule has 0 fully saturated rings. The van der Waals surface area contributed by atoms with Crippen LogP contribution < -0.4 is 5.73 Å². The van der Waals surface area contributed by atoms with Gasteiger partial charge in [-0.3, -0.25) is 5.11 Å². The van der Waals surface area contributed by atoms with Gasteiger partial charge in [-0.1, -0.05) is 18.2 Å². The van der Waals surface area contributed by atoms with E-state index in [1.165, 1.54) is 6.07 Å². The van der Waals surface area contributed by atoms with Crippen molar-refractivity contribution in [1.82, 2.24) is 0 Å². The first kappa shape index (κ1) is 7.09. The van der Waals surface area contributed by atoms with E-state index in [9.17, 15) is 5.11 Å². The highest BCUT2D eigenvalue weighted by molar-refractivity contribution is 5.33. The molecule has 1 atom stereocenters. The van der Waals surface area contributed by atoms with Gasteiger partial charge in [0.15, 0.2) is 5.75 Å². The van der Waals surface area contributed by atoms with Gasteiger partial charge in [-0.15, -0.1) is 0 Å². The van der Waals surface area contributed by atoms with Gasteiger partial charge >= 0.3 is 0 Å². The molecule has 0 aromatic heterocycles. The predicted octanol–water partition coefficient (Wildman–Crippen LogP) is 1.85. The normalized spacial score (nSPS) is 13.0. The number of para-hydroxylation sites is 1. The molecule has 1 aromatic carbocycles. The van der Waals surface area contributed by atoms with Crippen LogP contribution in [0.2, 0.25) is 0 Å². The Labute approximate surface area is 60.3 Å². The van der Waals surface area contributed by atoms with Gasteiger partial charge in [-0.2, -0.15) is 0 Å². The van der Waals surface area contributed by atoms with Crippen molar-refractivity contribution in [2.24, 2.45) is 5.73 Å². The van der Waals surface area contributed by atoms with Crippen molar-refractivity contribution in [1.29, 1.82) is 0 Å². The van der Waals surface area contributed by atoms with E-state index in [0.717, 1.165) is 0 Å². The first-order valence-electron chi connectivity index (χ1n) is 3.23. The molecule has 2 nitrogen and oxygen atoms in total. The largest absolute Gasteiger partial charge is 0.324 e. The molecule has 0 aliphatic rings. The topological polar surface area (TPSA) is 45.9 Å². The van der Waals surface area contributed by atoms with Crippen molar-refractivity contribution in [2.75, 3.05) is 0 Å². The molecule has 1 aromatic rings. The van der Waals surface area contributed by atoms with Gasteiger partial charge in [-0.05, 0) is 13.0 Å². The summed E-state index contributed by atoms with van der Waals surface area (Å²) in [7, 11) is 0. The number of hydrogen-bond acceptors (Lipinski definition) is 1. The maximum atomic E-state index is 11.0. The van der Waals surface area contributed by atoms with Gasteiger partial charge in [0.2, 0.25) is 0 Å². The number of nitrogens with two attached hydrogens (primary N) is 1. The Morgan fingerprint density at radius 3 is 2.40 bits per heavy atom. The second-order valence-electron chi connectivity index (χ2n) is 2.33. The fourth-order valence-electron chi connectivity index (χ4n) is 0.857. The third kappa shape index (κ3) is 1.28. The Balaban J connectivity index is 3.03. The van der Waals surface area contributed by atoms with Gasteiger partial charge < -0.3 is 5.73 Å². The standard InChI is InChI=1S/C8H10NO/c1-6(9)7-4-2-3-5-8(7)10/h2-6H,9H2,1H3. The lowest BCUT2D eigenvalue weighted by Gasteiger charge is -2.03. The molecule has 1 unspecified atom stereocenters. The first-order chi connectivity index (χ1) is 4.72. The average molecular weight is 136 g/mol. The van der Waals surface area contributed by atoms with Crippen LogP contribution in [0.15, 0.2) is 24.3 Å². The molecule has 0 bridgehead atoms. The summed E-state index contributed by atoms with van der Waals surface area (Å²) in [5.41, 5.74) is 6.20. The van der Waals surface area contributed by atoms with E-state index in [0.29, 0.717) is 5.56 Å². The van der Waals surface area contributed by atoms with Crippen molar-refractivity contribution in [3.8, 4) is 5.75 Å². The first-order valence-corrected chi connectivity index (χ1v) is 3.23. The van der Waals surface area contributed by atoms with Crippen LogP contribution in [0.3, 0.4) is 0 Å². The van der Waals surface area contributed by atoms with Crippen molar-refractivity contribution in [2.45, 2.75) is 13.0 Å². The van der Waals surface area contributed by atoms with E-state index >= 15 is 0 Å². The molecule has 2 heteroatoms.